The zero-order valence-corrected chi connectivity index (χ0v) is 13.3. The first-order valence-corrected chi connectivity index (χ1v) is 7.49. The van der Waals surface area contributed by atoms with Gasteiger partial charge in [-0.25, -0.2) is 4.98 Å². The highest BCUT2D eigenvalue weighted by atomic mass is 15.2. The Morgan fingerprint density at radius 3 is 2.21 bits per heavy atom. The summed E-state index contributed by atoms with van der Waals surface area (Å²) in [5.41, 5.74) is 2.90. The number of aryl methyl sites for hydroxylation is 1. The highest BCUT2D eigenvalue weighted by Crippen LogP contribution is 2.29. The lowest BCUT2D eigenvalue weighted by atomic mass is 9.85. The van der Waals surface area contributed by atoms with Crippen LogP contribution in [0.1, 0.15) is 52.2 Å². The minimum Gasteiger partial charge on any atom is -0.356 e. The number of anilines is 1. The van der Waals surface area contributed by atoms with Crippen LogP contribution >= 0.6 is 0 Å². The summed E-state index contributed by atoms with van der Waals surface area (Å²) in [5.74, 6) is 2.70. The molecule has 1 aliphatic heterocycles. The lowest BCUT2D eigenvalue weighted by Crippen LogP contribution is -2.39. The normalized spacial score (nSPS) is 24.6. The molecule has 1 aromatic rings. The van der Waals surface area contributed by atoms with Crippen LogP contribution in [0.15, 0.2) is 12.3 Å². The first-order valence-electron chi connectivity index (χ1n) is 7.49. The van der Waals surface area contributed by atoms with Gasteiger partial charge in [-0.2, -0.15) is 0 Å². The van der Waals surface area contributed by atoms with Crippen LogP contribution in [0.4, 0.5) is 5.82 Å². The van der Waals surface area contributed by atoms with E-state index < -0.39 is 0 Å². The summed E-state index contributed by atoms with van der Waals surface area (Å²) in [6.45, 7) is 15.9. The van der Waals surface area contributed by atoms with Gasteiger partial charge in [0.1, 0.15) is 5.82 Å². The Bertz CT molecular complexity index is 435. The average Bonchev–Trinajstić information content (AvgIpc) is 2.25. The predicted octanol–water partition coefficient (Wildman–Crippen LogP) is 4.17. The summed E-state index contributed by atoms with van der Waals surface area (Å²) in [7, 11) is 0. The molecule has 2 heterocycles. The van der Waals surface area contributed by atoms with Gasteiger partial charge in [0.2, 0.25) is 0 Å². The molecule has 1 aliphatic rings. The Labute approximate surface area is 118 Å². The standard InChI is InChI=1S/C17H28N2/c1-12-7-13(2)11-19(10-12)16-8-14(3)15(9-18-16)17(4,5)6/h8-9,12-13H,7,10-11H2,1-6H3/t12-,13+. The number of rotatable bonds is 1. The molecule has 0 aromatic carbocycles. The summed E-state index contributed by atoms with van der Waals surface area (Å²) >= 11 is 0. The van der Waals surface area contributed by atoms with E-state index in [1.54, 1.807) is 0 Å². The van der Waals surface area contributed by atoms with Crippen molar-refractivity contribution in [1.82, 2.24) is 4.98 Å². The van der Waals surface area contributed by atoms with Gasteiger partial charge in [0.15, 0.2) is 0 Å². The van der Waals surface area contributed by atoms with Crippen molar-refractivity contribution in [3.05, 3.63) is 23.4 Å². The Balaban J connectivity index is 2.25. The zero-order chi connectivity index (χ0) is 14.2. The van der Waals surface area contributed by atoms with Gasteiger partial charge >= 0.3 is 0 Å². The molecule has 2 atom stereocenters. The van der Waals surface area contributed by atoms with Gasteiger partial charge in [-0.1, -0.05) is 34.6 Å². The lowest BCUT2D eigenvalue weighted by molar-refractivity contribution is 0.355. The number of nitrogens with zero attached hydrogens (tertiary/aromatic N) is 2. The van der Waals surface area contributed by atoms with Crippen LogP contribution in [0.5, 0.6) is 0 Å². The SMILES string of the molecule is Cc1cc(N2C[C@H](C)C[C@H](C)C2)ncc1C(C)(C)C. The third kappa shape index (κ3) is 3.29. The molecule has 19 heavy (non-hydrogen) atoms. The van der Waals surface area contributed by atoms with Crippen LogP contribution in [0, 0.1) is 18.8 Å². The van der Waals surface area contributed by atoms with Crippen LogP contribution in [0.3, 0.4) is 0 Å². The van der Waals surface area contributed by atoms with E-state index >= 15 is 0 Å². The van der Waals surface area contributed by atoms with Gasteiger partial charge in [0, 0.05) is 19.3 Å². The van der Waals surface area contributed by atoms with Gasteiger partial charge in [-0.3, -0.25) is 0 Å². The van der Waals surface area contributed by atoms with Crippen molar-refractivity contribution in [1.29, 1.82) is 0 Å². The molecule has 106 valence electrons. The fourth-order valence-electron chi connectivity index (χ4n) is 3.35. The molecule has 0 aliphatic carbocycles. The molecular formula is C17H28N2. The Morgan fingerprint density at radius 1 is 1.16 bits per heavy atom. The molecule has 1 fully saturated rings. The maximum atomic E-state index is 4.72. The van der Waals surface area contributed by atoms with E-state index in [4.69, 9.17) is 4.98 Å². The third-order valence-corrected chi connectivity index (χ3v) is 4.10. The molecule has 2 nitrogen and oxygen atoms in total. The van der Waals surface area contributed by atoms with Crippen molar-refractivity contribution in [2.45, 2.75) is 53.4 Å². The van der Waals surface area contributed by atoms with E-state index in [1.165, 1.54) is 17.5 Å². The number of pyridine rings is 1. The van der Waals surface area contributed by atoms with Crippen molar-refractivity contribution in [2.24, 2.45) is 11.8 Å². The largest absolute Gasteiger partial charge is 0.356 e. The molecule has 0 saturated carbocycles. The second kappa shape index (κ2) is 5.15. The second-order valence-corrected chi connectivity index (χ2v) is 7.46. The van der Waals surface area contributed by atoms with Gasteiger partial charge in [-0.15, -0.1) is 0 Å². The van der Waals surface area contributed by atoms with E-state index in [0.29, 0.717) is 0 Å². The molecule has 0 radical (unpaired) electrons. The van der Waals surface area contributed by atoms with Crippen molar-refractivity contribution in [3.63, 3.8) is 0 Å². The van der Waals surface area contributed by atoms with E-state index in [-0.39, 0.29) is 5.41 Å². The quantitative estimate of drug-likeness (QED) is 0.753. The fourth-order valence-corrected chi connectivity index (χ4v) is 3.35. The molecule has 0 amide bonds. The van der Waals surface area contributed by atoms with Crippen molar-refractivity contribution in [3.8, 4) is 0 Å². The van der Waals surface area contributed by atoms with Crippen molar-refractivity contribution >= 4 is 5.82 Å². The summed E-state index contributed by atoms with van der Waals surface area (Å²) in [6.07, 6.45) is 3.42. The van der Waals surface area contributed by atoms with Crippen LogP contribution in [-0.4, -0.2) is 18.1 Å². The first-order chi connectivity index (χ1) is 8.77. The topological polar surface area (TPSA) is 16.1 Å². The van der Waals surface area contributed by atoms with E-state index in [2.05, 4.69) is 58.7 Å². The average molecular weight is 260 g/mol. The molecule has 0 N–H and O–H groups in total. The molecule has 2 rings (SSSR count). The Kier molecular flexibility index (Phi) is 3.89. The van der Waals surface area contributed by atoms with Crippen molar-refractivity contribution < 1.29 is 0 Å². The smallest absolute Gasteiger partial charge is 0.128 e. The first kappa shape index (κ1) is 14.4. The number of hydrogen-bond acceptors (Lipinski definition) is 2. The van der Waals surface area contributed by atoms with Crippen LogP contribution in [0.25, 0.3) is 0 Å². The van der Waals surface area contributed by atoms with Crippen LogP contribution < -0.4 is 4.90 Å². The predicted molar refractivity (Wildman–Crippen MR) is 82.8 cm³/mol. The van der Waals surface area contributed by atoms with E-state index in [1.807, 2.05) is 0 Å². The molecule has 2 heteroatoms. The minimum atomic E-state index is 0.179. The van der Waals surface area contributed by atoms with Crippen LogP contribution in [0.2, 0.25) is 0 Å². The second-order valence-electron chi connectivity index (χ2n) is 7.46. The zero-order valence-electron chi connectivity index (χ0n) is 13.3. The summed E-state index contributed by atoms with van der Waals surface area (Å²) < 4.78 is 0. The lowest BCUT2D eigenvalue weighted by Gasteiger charge is -2.36. The number of hydrogen-bond donors (Lipinski definition) is 0. The highest BCUT2D eigenvalue weighted by molar-refractivity contribution is 5.45. The Morgan fingerprint density at radius 2 is 1.74 bits per heavy atom. The summed E-state index contributed by atoms with van der Waals surface area (Å²) in [4.78, 5) is 7.18. The van der Waals surface area contributed by atoms with Gasteiger partial charge in [-0.05, 0) is 47.8 Å². The molecule has 1 aromatic heterocycles. The molecule has 1 saturated heterocycles. The van der Waals surface area contributed by atoms with Crippen molar-refractivity contribution in [2.75, 3.05) is 18.0 Å². The Hall–Kier alpha value is -1.05. The molecular weight excluding hydrogens is 232 g/mol. The fraction of sp³-hybridized carbons (Fsp3) is 0.706. The summed E-state index contributed by atoms with van der Waals surface area (Å²) in [5, 5.41) is 0. The molecule has 0 bridgehead atoms. The maximum absolute atomic E-state index is 4.72. The molecule has 0 unspecified atom stereocenters. The van der Waals surface area contributed by atoms with E-state index in [9.17, 15) is 0 Å². The minimum absolute atomic E-state index is 0.179. The number of piperidine rings is 1. The van der Waals surface area contributed by atoms with E-state index in [0.717, 1.165) is 30.7 Å². The van der Waals surface area contributed by atoms with Gasteiger partial charge < -0.3 is 4.90 Å². The number of aromatic nitrogens is 1. The van der Waals surface area contributed by atoms with Gasteiger partial charge in [0.05, 0.1) is 0 Å². The summed E-state index contributed by atoms with van der Waals surface area (Å²) in [6, 6.07) is 2.27. The highest BCUT2D eigenvalue weighted by Gasteiger charge is 2.24. The maximum Gasteiger partial charge on any atom is 0.128 e. The third-order valence-electron chi connectivity index (χ3n) is 4.10. The van der Waals surface area contributed by atoms with Crippen LogP contribution in [-0.2, 0) is 5.41 Å². The van der Waals surface area contributed by atoms with Gasteiger partial charge in [0.25, 0.3) is 0 Å². The molecule has 0 spiro atoms. The monoisotopic (exact) mass is 260 g/mol.